The monoisotopic (exact) mass is 392 g/mol. The Bertz CT molecular complexity index is 851. The van der Waals surface area contributed by atoms with E-state index in [1.54, 1.807) is 19.2 Å². The van der Waals surface area contributed by atoms with Crippen LogP contribution in [0.5, 0.6) is 5.75 Å². The van der Waals surface area contributed by atoms with Crippen LogP contribution in [0.15, 0.2) is 53.4 Å². The Kier molecular flexibility index (Phi) is 7.78. The van der Waals surface area contributed by atoms with Gasteiger partial charge in [-0.3, -0.25) is 4.79 Å². The minimum atomic E-state index is -3.68. The molecule has 0 aliphatic heterocycles. The first-order chi connectivity index (χ1) is 13.0. The van der Waals surface area contributed by atoms with Gasteiger partial charge in [-0.15, -0.1) is 0 Å². The number of amides is 1. The van der Waals surface area contributed by atoms with Crippen LogP contribution in [0.1, 0.15) is 15.9 Å². The third-order valence-corrected chi connectivity index (χ3v) is 5.32. The molecule has 0 aliphatic rings. The number of carbonyl (C=O) groups excluding carboxylic acids is 1. The lowest BCUT2D eigenvalue weighted by Gasteiger charge is -2.09. The molecule has 0 saturated heterocycles. The summed E-state index contributed by atoms with van der Waals surface area (Å²) in [5, 5.41) is 2.80. The van der Waals surface area contributed by atoms with Gasteiger partial charge in [-0.2, -0.15) is 0 Å². The molecule has 0 heterocycles. The van der Waals surface area contributed by atoms with Crippen LogP contribution >= 0.6 is 0 Å². The Morgan fingerprint density at radius 1 is 1.04 bits per heavy atom. The molecule has 8 heteroatoms. The largest absolute Gasteiger partial charge is 0.497 e. The molecule has 2 aromatic rings. The van der Waals surface area contributed by atoms with E-state index in [-0.39, 0.29) is 24.0 Å². The van der Waals surface area contributed by atoms with Crippen molar-refractivity contribution < 1.29 is 22.7 Å². The lowest BCUT2D eigenvalue weighted by molar-refractivity contribution is 0.0954. The number of benzene rings is 2. The first kappa shape index (κ1) is 20.9. The van der Waals surface area contributed by atoms with Crippen molar-refractivity contribution in [2.24, 2.45) is 0 Å². The summed E-state index contributed by atoms with van der Waals surface area (Å²) < 4.78 is 36.8. The molecule has 0 radical (unpaired) electrons. The molecule has 2 rings (SSSR count). The summed E-state index contributed by atoms with van der Waals surface area (Å²) in [5.41, 5.74) is 1.36. The van der Waals surface area contributed by atoms with Gasteiger partial charge in [0.05, 0.1) is 18.6 Å². The molecule has 146 valence electrons. The molecule has 0 atom stereocenters. The van der Waals surface area contributed by atoms with Gasteiger partial charge < -0.3 is 14.8 Å². The number of sulfonamides is 1. The van der Waals surface area contributed by atoms with E-state index in [2.05, 4.69) is 10.0 Å². The number of hydrogen-bond acceptors (Lipinski definition) is 5. The summed E-state index contributed by atoms with van der Waals surface area (Å²) in [6.45, 7) is 0.871. The van der Waals surface area contributed by atoms with E-state index in [4.69, 9.17) is 9.47 Å². The van der Waals surface area contributed by atoms with Crippen molar-refractivity contribution in [2.75, 3.05) is 33.9 Å². The van der Waals surface area contributed by atoms with E-state index < -0.39 is 10.0 Å². The fraction of sp³-hybridized carbons (Fsp3) is 0.316. The van der Waals surface area contributed by atoms with Crippen LogP contribution in [0, 0.1) is 0 Å². The molecule has 2 aromatic carbocycles. The predicted octanol–water partition coefficient (Wildman–Crippen LogP) is 1.59. The van der Waals surface area contributed by atoms with Crippen LogP contribution in [0.25, 0.3) is 0 Å². The first-order valence-electron chi connectivity index (χ1n) is 8.46. The molecule has 0 aromatic heterocycles. The highest BCUT2D eigenvalue weighted by Crippen LogP contribution is 2.13. The highest BCUT2D eigenvalue weighted by atomic mass is 32.2. The molecule has 7 nitrogen and oxygen atoms in total. The molecule has 0 aliphatic carbocycles. The van der Waals surface area contributed by atoms with Gasteiger partial charge in [0.1, 0.15) is 5.75 Å². The normalized spacial score (nSPS) is 11.2. The SMILES string of the molecule is COCCNS(=O)(=O)c1cccc(C(=O)NCCc2ccc(OC)cc2)c1. The number of ether oxygens (including phenoxy) is 2. The van der Waals surface area contributed by atoms with Crippen molar-refractivity contribution in [1.82, 2.24) is 10.0 Å². The highest BCUT2D eigenvalue weighted by Gasteiger charge is 2.15. The van der Waals surface area contributed by atoms with Crippen molar-refractivity contribution in [2.45, 2.75) is 11.3 Å². The van der Waals surface area contributed by atoms with E-state index in [9.17, 15) is 13.2 Å². The van der Waals surface area contributed by atoms with E-state index in [1.165, 1.54) is 19.2 Å². The molecular weight excluding hydrogens is 368 g/mol. The Labute approximate surface area is 159 Å². The van der Waals surface area contributed by atoms with Gasteiger partial charge in [0.15, 0.2) is 0 Å². The second-order valence-electron chi connectivity index (χ2n) is 5.77. The summed E-state index contributed by atoms with van der Waals surface area (Å²) in [6.07, 6.45) is 0.659. The molecule has 0 bridgehead atoms. The zero-order valence-electron chi connectivity index (χ0n) is 15.4. The maximum Gasteiger partial charge on any atom is 0.251 e. The van der Waals surface area contributed by atoms with Gasteiger partial charge in [0.2, 0.25) is 10.0 Å². The molecule has 27 heavy (non-hydrogen) atoms. The van der Waals surface area contributed by atoms with Crippen LogP contribution in [0.2, 0.25) is 0 Å². The minimum absolute atomic E-state index is 0.0430. The smallest absolute Gasteiger partial charge is 0.251 e. The quantitative estimate of drug-likeness (QED) is 0.599. The van der Waals surface area contributed by atoms with Gasteiger partial charge in [0, 0.05) is 25.8 Å². The number of nitrogens with one attached hydrogen (secondary N) is 2. The fourth-order valence-corrected chi connectivity index (χ4v) is 3.44. The number of carbonyl (C=O) groups is 1. The van der Waals surface area contributed by atoms with Crippen molar-refractivity contribution in [1.29, 1.82) is 0 Å². The van der Waals surface area contributed by atoms with Crippen molar-refractivity contribution >= 4 is 15.9 Å². The molecular formula is C19H24N2O5S. The van der Waals surface area contributed by atoms with Crippen LogP contribution < -0.4 is 14.8 Å². The van der Waals surface area contributed by atoms with Gasteiger partial charge >= 0.3 is 0 Å². The van der Waals surface area contributed by atoms with Crippen LogP contribution in [-0.4, -0.2) is 48.2 Å². The second-order valence-corrected chi connectivity index (χ2v) is 7.54. The first-order valence-corrected chi connectivity index (χ1v) is 9.94. The zero-order chi connectivity index (χ0) is 19.7. The molecule has 2 N–H and O–H groups in total. The molecule has 1 amide bonds. The van der Waals surface area contributed by atoms with Crippen LogP contribution in [-0.2, 0) is 21.2 Å². The molecule has 0 fully saturated rings. The maximum absolute atomic E-state index is 12.3. The van der Waals surface area contributed by atoms with E-state index in [0.717, 1.165) is 11.3 Å². The topological polar surface area (TPSA) is 93.7 Å². The number of rotatable bonds is 10. The van der Waals surface area contributed by atoms with E-state index in [1.807, 2.05) is 24.3 Å². The Hall–Kier alpha value is -2.42. The predicted molar refractivity (Wildman–Crippen MR) is 103 cm³/mol. The Morgan fingerprint density at radius 3 is 2.44 bits per heavy atom. The van der Waals surface area contributed by atoms with Crippen molar-refractivity contribution in [3.05, 3.63) is 59.7 Å². The summed E-state index contributed by atoms with van der Waals surface area (Å²) in [7, 11) is -0.581. The van der Waals surface area contributed by atoms with E-state index >= 15 is 0 Å². The zero-order valence-corrected chi connectivity index (χ0v) is 16.2. The van der Waals surface area contributed by atoms with Crippen LogP contribution in [0.4, 0.5) is 0 Å². The summed E-state index contributed by atoms with van der Waals surface area (Å²) in [4.78, 5) is 12.4. The number of methoxy groups -OCH3 is 2. The second kappa shape index (κ2) is 10.1. The maximum atomic E-state index is 12.3. The standard InChI is InChI=1S/C19H24N2O5S/c1-25-13-12-21-27(23,24)18-5-3-4-16(14-18)19(22)20-11-10-15-6-8-17(26-2)9-7-15/h3-9,14,21H,10-13H2,1-2H3,(H,20,22). The van der Waals surface area contributed by atoms with Gasteiger partial charge in [-0.05, 0) is 42.3 Å². The minimum Gasteiger partial charge on any atom is -0.497 e. The van der Waals surface area contributed by atoms with Crippen LogP contribution in [0.3, 0.4) is 0 Å². The average Bonchev–Trinajstić information content (AvgIpc) is 2.68. The van der Waals surface area contributed by atoms with Crippen molar-refractivity contribution in [3.8, 4) is 5.75 Å². The van der Waals surface area contributed by atoms with Gasteiger partial charge in [-0.1, -0.05) is 18.2 Å². The van der Waals surface area contributed by atoms with Gasteiger partial charge in [-0.25, -0.2) is 13.1 Å². The third-order valence-electron chi connectivity index (χ3n) is 3.86. The summed E-state index contributed by atoms with van der Waals surface area (Å²) >= 11 is 0. The Morgan fingerprint density at radius 2 is 1.78 bits per heavy atom. The van der Waals surface area contributed by atoms with Gasteiger partial charge in [0.25, 0.3) is 5.91 Å². The van der Waals surface area contributed by atoms with E-state index in [0.29, 0.717) is 18.5 Å². The lowest BCUT2D eigenvalue weighted by atomic mass is 10.1. The molecule has 0 spiro atoms. The lowest BCUT2D eigenvalue weighted by Crippen LogP contribution is -2.28. The third kappa shape index (κ3) is 6.35. The average molecular weight is 392 g/mol. The summed E-state index contributed by atoms with van der Waals surface area (Å²) in [5.74, 6) is 0.456. The molecule has 0 saturated carbocycles. The Balaban J connectivity index is 1.94. The highest BCUT2D eigenvalue weighted by molar-refractivity contribution is 7.89. The number of hydrogen-bond donors (Lipinski definition) is 2. The summed E-state index contributed by atoms with van der Waals surface area (Å²) in [6, 6.07) is 13.5. The molecule has 0 unspecified atom stereocenters. The fourth-order valence-electron chi connectivity index (χ4n) is 2.38. The van der Waals surface area contributed by atoms with Crippen molar-refractivity contribution in [3.63, 3.8) is 0 Å².